The van der Waals surface area contributed by atoms with Crippen molar-refractivity contribution in [2.24, 2.45) is 0 Å². The number of nitrogens with zero attached hydrogens (tertiary/aromatic N) is 2. The number of nitriles is 1. The van der Waals surface area contributed by atoms with Crippen molar-refractivity contribution >= 4 is 28.3 Å². The fourth-order valence-corrected chi connectivity index (χ4v) is 4.16. The van der Waals surface area contributed by atoms with Gasteiger partial charge >= 0.3 is 6.09 Å². The molecule has 0 fully saturated rings. The zero-order valence-corrected chi connectivity index (χ0v) is 16.6. The summed E-state index contributed by atoms with van der Waals surface area (Å²) in [5.41, 5.74) is 2.46. The third-order valence-corrected chi connectivity index (χ3v) is 5.47. The van der Waals surface area contributed by atoms with Crippen molar-refractivity contribution in [3.63, 3.8) is 0 Å². The maximum Gasteiger partial charge on any atom is 0.410 e. The molecule has 0 bridgehead atoms. The van der Waals surface area contributed by atoms with E-state index < -0.39 is 0 Å². The van der Waals surface area contributed by atoms with Gasteiger partial charge in [-0.3, -0.25) is 4.79 Å². The van der Waals surface area contributed by atoms with Crippen LogP contribution >= 0.6 is 11.3 Å². The second-order valence-corrected chi connectivity index (χ2v) is 7.45. The molecular formula is C20H21N3O4S. The lowest BCUT2D eigenvalue weighted by Crippen LogP contribution is -2.35. The van der Waals surface area contributed by atoms with Gasteiger partial charge in [-0.1, -0.05) is 17.7 Å². The van der Waals surface area contributed by atoms with Crippen molar-refractivity contribution in [1.82, 2.24) is 4.90 Å². The van der Waals surface area contributed by atoms with Gasteiger partial charge in [-0.25, -0.2) is 4.79 Å². The molecule has 7 nitrogen and oxygen atoms in total. The zero-order valence-electron chi connectivity index (χ0n) is 15.8. The molecule has 146 valence electrons. The summed E-state index contributed by atoms with van der Waals surface area (Å²) in [6.07, 6.45) is 0.195. The van der Waals surface area contributed by atoms with Crippen LogP contribution in [0.2, 0.25) is 0 Å². The van der Waals surface area contributed by atoms with Crippen LogP contribution in [0, 0.1) is 18.3 Å². The molecule has 1 N–H and O–H groups in total. The summed E-state index contributed by atoms with van der Waals surface area (Å²) in [4.78, 5) is 26.7. The fourth-order valence-electron chi connectivity index (χ4n) is 2.93. The molecule has 2 amide bonds. The molecule has 0 saturated carbocycles. The molecule has 1 aromatic heterocycles. The first-order valence-corrected chi connectivity index (χ1v) is 9.79. The highest BCUT2D eigenvalue weighted by Crippen LogP contribution is 2.36. The lowest BCUT2D eigenvalue weighted by Gasteiger charge is -2.25. The normalized spacial score (nSPS) is 12.7. The molecule has 2 heterocycles. The summed E-state index contributed by atoms with van der Waals surface area (Å²) in [7, 11) is 0. The number of hydrogen-bond donors (Lipinski definition) is 1. The number of rotatable bonds is 5. The Balaban J connectivity index is 1.66. The minimum Gasteiger partial charge on any atom is -0.484 e. The number of amides is 2. The Kier molecular flexibility index (Phi) is 6.16. The van der Waals surface area contributed by atoms with Gasteiger partial charge < -0.3 is 19.7 Å². The van der Waals surface area contributed by atoms with Crippen molar-refractivity contribution in [2.75, 3.05) is 25.1 Å². The first-order chi connectivity index (χ1) is 13.5. The van der Waals surface area contributed by atoms with Gasteiger partial charge in [0, 0.05) is 11.4 Å². The third kappa shape index (κ3) is 4.43. The average Bonchev–Trinajstić information content (AvgIpc) is 3.03. The number of fused-ring (bicyclic) bond motifs is 1. The van der Waals surface area contributed by atoms with E-state index in [2.05, 4.69) is 11.4 Å². The third-order valence-electron chi connectivity index (χ3n) is 4.34. The number of hydrogen-bond acceptors (Lipinski definition) is 6. The Morgan fingerprint density at radius 1 is 1.32 bits per heavy atom. The summed E-state index contributed by atoms with van der Waals surface area (Å²) in [5, 5.41) is 12.8. The van der Waals surface area contributed by atoms with Crippen LogP contribution in [0.5, 0.6) is 5.75 Å². The highest BCUT2D eigenvalue weighted by Gasteiger charge is 2.28. The van der Waals surface area contributed by atoms with Gasteiger partial charge in [-0.2, -0.15) is 5.26 Å². The average molecular weight is 399 g/mol. The van der Waals surface area contributed by atoms with Crippen molar-refractivity contribution in [3.8, 4) is 11.8 Å². The van der Waals surface area contributed by atoms with E-state index in [0.717, 1.165) is 16.0 Å². The van der Waals surface area contributed by atoms with Gasteiger partial charge in [0.2, 0.25) is 0 Å². The minimum atomic E-state index is -0.364. The van der Waals surface area contributed by atoms with Crippen LogP contribution < -0.4 is 10.1 Å². The van der Waals surface area contributed by atoms with Crippen LogP contribution in [0.3, 0.4) is 0 Å². The molecular weight excluding hydrogens is 378 g/mol. The standard InChI is InChI=1S/C20H21N3O4S/c1-3-26-20(25)23-9-8-15-16(10-21)19(28-17(15)11-23)22-18(24)12-27-14-6-4-13(2)5-7-14/h4-7H,3,8-9,11-12H2,1-2H3,(H,22,24). The number of carbonyl (C=O) groups is 2. The van der Waals surface area contributed by atoms with Crippen LogP contribution in [-0.2, 0) is 22.5 Å². The van der Waals surface area contributed by atoms with E-state index in [0.29, 0.717) is 42.4 Å². The minimum absolute atomic E-state index is 0.147. The van der Waals surface area contributed by atoms with Crippen LogP contribution in [-0.4, -0.2) is 36.7 Å². The molecule has 0 atom stereocenters. The molecule has 1 aromatic carbocycles. The van der Waals surface area contributed by atoms with Crippen molar-refractivity contribution < 1.29 is 19.1 Å². The molecule has 1 aliphatic heterocycles. The van der Waals surface area contributed by atoms with Crippen molar-refractivity contribution in [1.29, 1.82) is 5.26 Å². The highest BCUT2D eigenvalue weighted by molar-refractivity contribution is 7.16. The van der Waals surface area contributed by atoms with Gasteiger partial charge in [0.1, 0.15) is 16.8 Å². The first kappa shape index (κ1) is 19.7. The monoisotopic (exact) mass is 399 g/mol. The molecule has 28 heavy (non-hydrogen) atoms. The van der Waals surface area contributed by atoms with E-state index in [1.54, 1.807) is 24.0 Å². The van der Waals surface area contributed by atoms with Crippen molar-refractivity contribution in [3.05, 3.63) is 45.8 Å². The second-order valence-electron chi connectivity index (χ2n) is 6.34. The fraction of sp³-hybridized carbons (Fsp3) is 0.350. The van der Waals surface area contributed by atoms with Gasteiger partial charge in [0.05, 0.1) is 18.7 Å². The molecule has 0 unspecified atom stereocenters. The Morgan fingerprint density at radius 2 is 2.07 bits per heavy atom. The summed E-state index contributed by atoms with van der Waals surface area (Å²) >= 11 is 1.32. The smallest absolute Gasteiger partial charge is 0.410 e. The molecule has 0 aliphatic carbocycles. The van der Waals surface area contributed by atoms with Gasteiger partial charge in [-0.05, 0) is 38.0 Å². The Labute approximate surface area is 167 Å². The molecule has 2 aromatic rings. The molecule has 0 saturated heterocycles. The van der Waals surface area contributed by atoms with Gasteiger partial charge in [-0.15, -0.1) is 11.3 Å². The van der Waals surface area contributed by atoms with E-state index in [-0.39, 0.29) is 18.6 Å². The van der Waals surface area contributed by atoms with Crippen LogP contribution in [0.1, 0.15) is 28.5 Å². The summed E-state index contributed by atoms with van der Waals surface area (Å²) < 4.78 is 10.5. The van der Waals surface area contributed by atoms with Gasteiger partial charge in [0.15, 0.2) is 6.61 Å². The van der Waals surface area contributed by atoms with Crippen LogP contribution in [0.15, 0.2) is 24.3 Å². The maximum absolute atomic E-state index is 12.3. The predicted octanol–water partition coefficient (Wildman–Crippen LogP) is 3.46. The number of benzene rings is 1. The Bertz CT molecular complexity index is 915. The number of ether oxygens (including phenoxy) is 2. The SMILES string of the molecule is CCOC(=O)N1CCc2c(sc(NC(=O)COc3ccc(C)cc3)c2C#N)C1. The maximum atomic E-state index is 12.3. The van der Waals surface area contributed by atoms with Crippen molar-refractivity contribution in [2.45, 2.75) is 26.8 Å². The molecule has 1 aliphatic rings. The van der Waals surface area contributed by atoms with E-state index in [1.165, 1.54) is 11.3 Å². The first-order valence-electron chi connectivity index (χ1n) is 8.97. The zero-order chi connectivity index (χ0) is 20.1. The lowest BCUT2D eigenvalue weighted by atomic mass is 10.0. The molecule has 0 radical (unpaired) electrons. The van der Waals surface area contributed by atoms with Gasteiger partial charge in [0.25, 0.3) is 5.91 Å². The number of anilines is 1. The lowest BCUT2D eigenvalue weighted by molar-refractivity contribution is -0.118. The summed E-state index contributed by atoms with van der Waals surface area (Å²) in [5.74, 6) is 0.273. The number of carbonyl (C=O) groups excluding carboxylic acids is 2. The molecule has 0 spiro atoms. The number of nitrogens with one attached hydrogen (secondary N) is 1. The Morgan fingerprint density at radius 3 is 2.75 bits per heavy atom. The second kappa shape index (κ2) is 8.76. The van der Waals surface area contributed by atoms with Crippen LogP contribution in [0.25, 0.3) is 0 Å². The molecule has 3 rings (SSSR count). The van der Waals surface area contributed by atoms with Crippen LogP contribution in [0.4, 0.5) is 9.80 Å². The number of thiophene rings is 1. The summed E-state index contributed by atoms with van der Waals surface area (Å²) in [6, 6.07) is 9.60. The quantitative estimate of drug-likeness (QED) is 0.831. The largest absolute Gasteiger partial charge is 0.484 e. The predicted molar refractivity (Wildman–Crippen MR) is 105 cm³/mol. The van der Waals surface area contributed by atoms with E-state index in [1.807, 2.05) is 19.1 Å². The number of aryl methyl sites for hydroxylation is 1. The van der Waals surface area contributed by atoms with E-state index in [4.69, 9.17) is 9.47 Å². The van der Waals surface area contributed by atoms with E-state index in [9.17, 15) is 14.9 Å². The highest BCUT2D eigenvalue weighted by atomic mass is 32.1. The summed E-state index contributed by atoms with van der Waals surface area (Å²) in [6.45, 7) is 4.77. The topological polar surface area (TPSA) is 91.7 Å². The Hall–Kier alpha value is -3.05. The van der Waals surface area contributed by atoms with E-state index >= 15 is 0 Å². The molecule has 8 heteroatoms.